The van der Waals surface area contributed by atoms with Gasteiger partial charge < -0.3 is 10.3 Å². The van der Waals surface area contributed by atoms with E-state index < -0.39 is 0 Å². The molecule has 2 N–H and O–H groups in total. The Bertz CT molecular complexity index is 461. The Hall–Kier alpha value is -1.26. The van der Waals surface area contributed by atoms with Gasteiger partial charge >= 0.3 is 0 Å². The molecule has 0 fully saturated rings. The highest BCUT2D eigenvalue weighted by Crippen LogP contribution is 2.21. The SMILES string of the molecule is CSc1ccc(C(N)c2nccn2C)cc1. The lowest BCUT2D eigenvalue weighted by molar-refractivity contribution is 0.716. The molecule has 0 saturated carbocycles. The molecule has 0 aliphatic carbocycles. The third-order valence-electron chi connectivity index (χ3n) is 2.61. The van der Waals surface area contributed by atoms with E-state index in [1.807, 2.05) is 17.8 Å². The molecule has 1 unspecified atom stereocenters. The fourth-order valence-electron chi connectivity index (χ4n) is 1.64. The molecule has 0 spiro atoms. The van der Waals surface area contributed by atoms with E-state index in [1.165, 1.54) is 4.90 Å². The number of hydrogen-bond acceptors (Lipinski definition) is 3. The highest BCUT2D eigenvalue weighted by molar-refractivity contribution is 7.98. The van der Waals surface area contributed by atoms with Crippen LogP contribution in [0.25, 0.3) is 0 Å². The van der Waals surface area contributed by atoms with E-state index in [1.54, 1.807) is 18.0 Å². The first-order valence-electron chi connectivity index (χ1n) is 5.09. The molecule has 2 aromatic rings. The maximum Gasteiger partial charge on any atom is 0.129 e. The standard InChI is InChI=1S/C12H15N3S/c1-15-8-7-14-12(15)11(13)9-3-5-10(16-2)6-4-9/h3-8,11H,13H2,1-2H3. The third kappa shape index (κ3) is 2.13. The number of benzene rings is 1. The summed E-state index contributed by atoms with van der Waals surface area (Å²) in [5, 5.41) is 0. The first kappa shape index (κ1) is 11.2. The van der Waals surface area contributed by atoms with Crippen molar-refractivity contribution in [2.45, 2.75) is 10.9 Å². The van der Waals surface area contributed by atoms with E-state index in [9.17, 15) is 0 Å². The summed E-state index contributed by atoms with van der Waals surface area (Å²) in [6, 6.07) is 8.14. The van der Waals surface area contributed by atoms with Crippen LogP contribution >= 0.6 is 11.8 Å². The average molecular weight is 233 g/mol. The van der Waals surface area contributed by atoms with Crippen LogP contribution in [0.4, 0.5) is 0 Å². The second-order valence-electron chi connectivity index (χ2n) is 3.65. The molecule has 1 aromatic carbocycles. The summed E-state index contributed by atoms with van der Waals surface area (Å²) < 4.78 is 1.95. The molecule has 1 atom stereocenters. The van der Waals surface area contributed by atoms with E-state index >= 15 is 0 Å². The monoisotopic (exact) mass is 233 g/mol. The van der Waals surface area contributed by atoms with Gasteiger partial charge in [-0.1, -0.05) is 12.1 Å². The quantitative estimate of drug-likeness (QED) is 0.826. The topological polar surface area (TPSA) is 43.8 Å². The minimum Gasteiger partial charge on any atom is -0.336 e. The zero-order valence-corrected chi connectivity index (χ0v) is 10.2. The average Bonchev–Trinajstić information content (AvgIpc) is 2.75. The van der Waals surface area contributed by atoms with Crippen molar-refractivity contribution in [3.05, 3.63) is 48.0 Å². The van der Waals surface area contributed by atoms with E-state index in [-0.39, 0.29) is 6.04 Å². The highest BCUT2D eigenvalue weighted by Gasteiger charge is 2.12. The molecule has 0 aliphatic rings. The number of aryl methyl sites for hydroxylation is 1. The summed E-state index contributed by atoms with van der Waals surface area (Å²) >= 11 is 1.73. The van der Waals surface area contributed by atoms with Gasteiger partial charge in [-0.05, 0) is 24.0 Å². The summed E-state index contributed by atoms with van der Waals surface area (Å²) in [7, 11) is 1.96. The minimum atomic E-state index is -0.157. The second kappa shape index (κ2) is 4.72. The molecule has 0 bridgehead atoms. The van der Waals surface area contributed by atoms with Gasteiger partial charge in [0.1, 0.15) is 5.82 Å². The molecule has 84 valence electrons. The van der Waals surface area contributed by atoms with Crippen LogP contribution in [0.15, 0.2) is 41.6 Å². The molecular formula is C12H15N3S. The first-order chi connectivity index (χ1) is 7.72. The van der Waals surface area contributed by atoms with Crippen molar-refractivity contribution < 1.29 is 0 Å². The zero-order chi connectivity index (χ0) is 11.5. The van der Waals surface area contributed by atoms with Crippen LogP contribution in [0.5, 0.6) is 0 Å². The Balaban J connectivity index is 2.27. The van der Waals surface area contributed by atoms with Crippen LogP contribution < -0.4 is 5.73 Å². The summed E-state index contributed by atoms with van der Waals surface area (Å²) in [6.45, 7) is 0. The maximum atomic E-state index is 6.16. The van der Waals surface area contributed by atoms with Crippen LogP contribution in [0, 0.1) is 0 Å². The molecule has 1 aromatic heterocycles. The minimum absolute atomic E-state index is 0.157. The Labute approximate surface area is 99.7 Å². The number of aromatic nitrogens is 2. The number of nitrogens with zero attached hydrogens (tertiary/aromatic N) is 2. The van der Waals surface area contributed by atoms with Crippen molar-refractivity contribution in [1.29, 1.82) is 0 Å². The van der Waals surface area contributed by atoms with Crippen molar-refractivity contribution >= 4 is 11.8 Å². The molecule has 3 nitrogen and oxygen atoms in total. The van der Waals surface area contributed by atoms with Crippen molar-refractivity contribution in [2.75, 3.05) is 6.26 Å². The number of imidazole rings is 1. The van der Waals surface area contributed by atoms with Crippen molar-refractivity contribution in [1.82, 2.24) is 9.55 Å². The largest absolute Gasteiger partial charge is 0.336 e. The lowest BCUT2D eigenvalue weighted by Crippen LogP contribution is -2.16. The van der Waals surface area contributed by atoms with Gasteiger partial charge in [0.15, 0.2) is 0 Å². The van der Waals surface area contributed by atoms with E-state index in [2.05, 4.69) is 35.5 Å². The van der Waals surface area contributed by atoms with Crippen LogP contribution in [0.3, 0.4) is 0 Å². The van der Waals surface area contributed by atoms with Crippen LogP contribution in [-0.4, -0.2) is 15.8 Å². The maximum absolute atomic E-state index is 6.16. The fourth-order valence-corrected chi connectivity index (χ4v) is 2.05. The summed E-state index contributed by atoms with van der Waals surface area (Å²) in [6.07, 6.45) is 5.74. The molecule has 4 heteroatoms. The molecule has 0 amide bonds. The van der Waals surface area contributed by atoms with E-state index in [0.29, 0.717) is 0 Å². The van der Waals surface area contributed by atoms with Crippen molar-refractivity contribution in [3.8, 4) is 0 Å². The van der Waals surface area contributed by atoms with Gasteiger partial charge in [0, 0.05) is 24.3 Å². The predicted octanol–water partition coefficient (Wildman–Crippen LogP) is 2.19. The molecule has 16 heavy (non-hydrogen) atoms. The molecule has 2 rings (SSSR count). The van der Waals surface area contributed by atoms with Crippen molar-refractivity contribution in [3.63, 3.8) is 0 Å². The van der Waals surface area contributed by atoms with Crippen LogP contribution in [0.1, 0.15) is 17.4 Å². The normalized spacial score (nSPS) is 12.7. The van der Waals surface area contributed by atoms with E-state index in [0.717, 1.165) is 11.4 Å². The fraction of sp³-hybridized carbons (Fsp3) is 0.250. The summed E-state index contributed by atoms with van der Waals surface area (Å²) in [4.78, 5) is 5.51. The van der Waals surface area contributed by atoms with Gasteiger partial charge in [0.2, 0.25) is 0 Å². The molecular weight excluding hydrogens is 218 g/mol. The third-order valence-corrected chi connectivity index (χ3v) is 3.36. The molecule has 0 radical (unpaired) electrons. The van der Waals surface area contributed by atoms with Gasteiger partial charge in [-0.15, -0.1) is 11.8 Å². The molecule has 1 heterocycles. The predicted molar refractivity (Wildman–Crippen MR) is 67.5 cm³/mol. The second-order valence-corrected chi connectivity index (χ2v) is 4.53. The van der Waals surface area contributed by atoms with Gasteiger partial charge in [-0.3, -0.25) is 0 Å². The van der Waals surface area contributed by atoms with E-state index in [4.69, 9.17) is 5.73 Å². The zero-order valence-electron chi connectivity index (χ0n) is 9.42. The van der Waals surface area contributed by atoms with Crippen molar-refractivity contribution in [2.24, 2.45) is 12.8 Å². The van der Waals surface area contributed by atoms with Crippen LogP contribution in [0.2, 0.25) is 0 Å². The number of thioether (sulfide) groups is 1. The number of nitrogens with two attached hydrogens (primary N) is 1. The van der Waals surface area contributed by atoms with Gasteiger partial charge in [0.05, 0.1) is 6.04 Å². The molecule has 0 aliphatic heterocycles. The Morgan fingerprint density at radius 3 is 2.50 bits per heavy atom. The van der Waals surface area contributed by atoms with Gasteiger partial charge in [0.25, 0.3) is 0 Å². The first-order valence-corrected chi connectivity index (χ1v) is 6.31. The Kier molecular flexibility index (Phi) is 3.31. The Morgan fingerprint density at radius 1 is 1.31 bits per heavy atom. The lowest BCUT2D eigenvalue weighted by atomic mass is 10.1. The molecule has 0 saturated heterocycles. The summed E-state index contributed by atoms with van der Waals surface area (Å²) in [5.41, 5.74) is 7.25. The Morgan fingerprint density at radius 2 is 2.00 bits per heavy atom. The summed E-state index contributed by atoms with van der Waals surface area (Å²) in [5.74, 6) is 0.886. The number of hydrogen-bond donors (Lipinski definition) is 1. The number of rotatable bonds is 3. The van der Waals surface area contributed by atoms with Gasteiger partial charge in [-0.2, -0.15) is 0 Å². The highest BCUT2D eigenvalue weighted by atomic mass is 32.2. The van der Waals surface area contributed by atoms with Crippen LogP contribution in [-0.2, 0) is 7.05 Å². The lowest BCUT2D eigenvalue weighted by Gasteiger charge is -2.12. The smallest absolute Gasteiger partial charge is 0.129 e. The van der Waals surface area contributed by atoms with Gasteiger partial charge in [-0.25, -0.2) is 4.98 Å².